The number of nitrogens with one attached hydrogen (secondary N) is 2. The number of amides is 3. The summed E-state index contributed by atoms with van der Waals surface area (Å²) in [5, 5.41) is 4.61. The highest BCUT2D eigenvalue weighted by Crippen LogP contribution is 2.29. The topological polar surface area (TPSA) is 127 Å². The summed E-state index contributed by atoms with van der Waals surface area (Å²) < 4.78 is 0. The van der Waals surface area contributed by atoms with Crippen molar-refractivity contribution in [3.63, 3.8) is 0 Å². The predicted molar refractivity (Wildman–Crippen MR) is 98.2 cm³/mol. The minimum Gasteiger partial charge on any atom is -0.370 e. The largest absolute Gasteiger partial charge is 0.370 e. The van der Waals surface area contributed by atoms with E-state index in [0.29, 0.717) is 19.4 Å². The number of rotatable bonds is 9. The van der Waals surface area contributed by atoms with E-state index in [1.807, 2.05) is 0 Å². The number of thiol groups is 1. The quantitative estimate of drug-likeness (QED) is 0.303. The fourth-order valence-electron chi connectivity index (χ4n) is 1.73. The average Bonchev–Trinajstić information content (AvgIpc) is 3.25. The molecule has 1 aliphatic carbocycles. The summed E-state index contributed by atoms with van der Waals surface area (Å²) in [5.41, 5.74) is 10.5. The number of hydrogen-bond donors (Lipinski definition) is 5. The van der Waals surface area contributed by atoms with Crippen LogP contribution in [0.2, 0.25) is 0 Å². The van der Waals surface area contributed by atoms with E-state index in [1.165, 1.54) is 0 Å². The van der Waals surface area contributed by atoms with E-state index in [-0.39, 0.29) is 24.2 Å². The maximum Gasteiger partial charge on any atom is 0.243 e. The van der Waals surface area contributed by atoms with E-state index in [0.717, 1.165) is 18.8 Å². The molecule has 0 aromatic rings. The minimum atomic E-state index is -0.654. The molecule has 2 unspecified atom stereocenters. The Hall–Kier alpha value is -1.28. The first-order valence-corrected chi connectivity index (χ1v) is 8.96. The molecule has 1 aliphatic rings. The van der Waals surface area contributed by atoms with Crippen LogP contribution in [0.1, 0.15) is 52.9 Å². The molecule has 1 rings (SSSR count). The van der Waals surface area contributed by atoms with Gasteiger partial charge in [-0.3, -0.25) is 14.4 Å². The van der Waals surface area contributed by atoms with E-state index < -0.39 is 17.3 Å². The lowest BCUT2D eigenvalue weighted by Crippen LogP contribution is -2.49. The average molecular weight is 361 g/mol. The van der Waals surface area contributed by atoms with Gasteiger partial charge < -0.3 is 22.1 Å². The molecule has 0 aromatic heterocycles. The Bertz CT molecular complexity index is 411. The molecule has 1 saturated carbocycles. The Morgan fingerprint density at radius 1 is 1.17 bits per heavy atom. The van der Waals surface area contributed by atoms with Gasteiger partial charge in [0, 0.05) is 5.92 Å². The molecule has 1 fully saturated rings. The standard InChI is InChI=1S/C12H22N4O3S.C4H10/c13-5-1-2-8(15-11(18)7-3-4-7)12(19)16-10(20)6-9(14)17;1-4(2)3/h7-8,10,20H,1-6,13H2,(H2,14,17)(H,15,18)(H,16,19);4H,1-3H3. The molecule has 7 nitrogen and oxygen atoms in total. The van der Waals surface area contributed by atoms with Gasteiger partial charge in [0.15, 0.2) is 0 Å². The molecular formula is C16H32N4O3S. The number of carbonyl (C=O) groups excluding carboxylic acids is 3. The van der Waals surface area contributed by atoms with Crippen molar-refractivity contribution in [2.24, 2.45) is 23.3 Å². The summed E-state index contributed by atoms with van der Waals surface area (Å²) in [5.74, 6) is -0.159. The first-order chi connectivity index (χ1) is 11.2. The van der Waals surface area contributed by atoms with E-state index in [1.54, 1.807) is 0 Å². The molecule has 140 valence electrons. The Kier molecular flexibility index (Phi) is 11.5. The van der Waals surface area contributed by atoms with Gasteiger partial charge in [0.2, 0.25) is 17.7 Å². The molecule has 0 aromatic carbocycles. The van der Waals surface area contributed by atoms with Gasteiger partial charge in [0.05, 0.1) is 11.8 Å². The summed E-state index contributed by atoms with van der Waals surface area (Å²) in [4.78, 5) is 34.5. The van der Waals surface area contributed by atoms with Gasteiger partial charge in [-0.1, -0.05) is 20.8 Å². The third-order valence-electron chi connectivity index (χ3n) is 2.98. The second-order valence-electron chi connectivity index (χ2n) is 6.69. The first kappa shape index (κ1) is 22.7. The lowest BCUT2D eigenvalue weighted by Gasteiger charge is -2.20. The molecule has 0 bridgehead atoms. The second kappa shape index (κ2) is 12.1. The highest BCUT2D eigenvalue weighted by atomic mass is 32.1. The van der Waals surface area contributed by atoms with Crippen molar-refractivity contribution in [2.45, 2.75) is 64.3 Å². The second-order valence-corrected chi connectivity index (χ2v) is 7.32. The van der Waals surface area contributed by atoms with Crippen molar-refractivity contribution in [1.29, 1.82) is 0 Å². The Morgan fingerprint density at radius 3 is 2.12 bits per heavy atom. The van der Waals surface area contributed by atoms with E-state index in [9.17, 15) is 14.4 Å². The van der Waals surface area contributed by atoms with Crippen molar-refractivity contribution in [2.75, 3.05) is 6.54 Å². The van der Waals surface area contributed by atoms with Crippen molar-refractivity contribution >= 4 is 30.4 Å². The van der Waals surface area contributed by atoms with Crippen molar-refractivity contribution in [1.82, 2.24) is 10.6 Å². The number of primary amides is 1. The Labute approximate surface area is 150 Å². The van der Waals surface area contributed by atoms with Crippen LogP contribution in [0, 0.1) is 11.8 Å². The summed E-state index contributed by atoms with van der Waals surface area (Å²) >= 11 is 4.07. The van der Waals surface area contributed by atoms with Gasteiger partial charge in [-0.2, -0.15) is 12.6 Å². The molecule has 0 saturated heterocycles. The van der Waals surface area contributed by atoms with Crippen LogP contribution in [0.5, 0.6) is 0 Å². The molecule has 0 radical (unpaired) electrons. The molecule has 24 heavy (non-hydrogen) atoms. The lowest BCUT2D eigenvalue weighted by molar-refractivity contribution is -0.130. The van der Waals surface area contributed by atoms with Crippen LogP contribution in [-0.2, 0) is 14.4 Å². The Balaban J connectivity index is 0.00000118. The maximum absolute atomic E-state index is 12.1. The number of hydrogen-bond acceptors (Lipinski definition) is 5. The minimum absolute atomic E-state index is 0.0283. The molecule has 8 heteroatoms. The maximum atomic E-state index is 12.1. The smallest absolute Gasteiger partial charge is 0.243 e. The van der Waals surface area contributed by atoms with Crippen LogP contribution >= 0.6 is 12.6 Å². The van der Waals surface area contributed by atoms with Crippen molar-refractivity contribution in [3.05, 3.63) is 0 Å². The monoisotopic (exact) mass is 360 g/mol. The van der Waals surface area contributed by atoms with E-state index >= 15 is 0 Å². The normalized spacial score (nSPS) is 15.8. The molecule has 0 heterocycles. The zero-order valence-electron chi connectivity index (χ0n) is 14.9. The first-order valence-electron chi connectivity index (χ1n) is 8.44. The fraction of sp³-hybridized carbons (Fsp3) is 0.812. The highest BCUT2D eigenvalue weighted by Gasteiger charge is 2.32. The molecule has 2 atom stereocenters. The van der Waals surface area contributed by atoms with Crippen LogP contribution in [0.25, 0.3) is 0 Å². The van der Waals surface area contributed by atoms with Gasteiger partial charge in [-0.25, -0.2) is 0 Å². The summed E-state index contributed by atoms with van der Waals surface area (Å²) in [6.45, 7) is 6.94. The van der Waals surface area contributed by atoms with Crippen molar-refractivity contribution < 1.29 is 14.4 Å². The van der Waals surface area contributed by atoms with Gasteiger partial charge in [0.1, 0.15) is 6.04 Å². The summed E-state index contributed by atoms with van der Waals surface area (Å²) in [7, 11) is 0. The predicted octanol–water partition coefficient (Wildman–Crippen LogP) is 0.530. The van der Waals surface area contributed by atoms with Crippen LogP contribution < -0.4 is 22.1 Å². The lowest BCUT2D eigenvalue weighted by atomic mass is 10.1. The molecule has 3 amide bonds. The zero-order chi connectivity index (χ0) is 18.7. The molecule has 6 N–H and O–H groups in total. The fourth-order valence-corrected chi connectivity index (χ4v) is 2.04. The molecule has 0 aliphatic heterocycles. The van der Waals surface area contributed by atoms with Gasteiger partial charge >= 0.3 is 0 Å². The third-order valence-corrected chi connectivity index (χ3v) is 3.29. The van der Waals surface area contributed by atoms with Gasteiger partial charge in [0.25, 0.3) is 0 Å². The van der Waals surface area contributed by atoms with Crippen LogP contribution in [0.4, 0.5) is 0 Å². The van der Waals surface area contributed by atoms with Gasteiger partial charge in [-0.05, 0) is 38.1 Å². The van der Waals surface area contributed by atoms with Crippen molar-refractivity contribution in [3.8, 4) is 0 Å². The third kappa shape index (κ3) is 12.2. The molecule has 0 spiro atoms. The SMILES string of the molecule is CC(C)C.NCCCC(NC(=O)C1CC1)C(=O)NC(S)CC(N)=O. The Morgan fingerprint density at radius 2 is 1.71 bits per heavy atom. The van der Waals surface area contributed by atoms with E-state index in [2.05, 4.69) is 44.0 Å². The number of carbonyl (C=O) groups is 3. The highest BCUT2D eigenvalue weighted by molar-refractivity contribution is 7.81. The van der Waals surface area contributed by atoms with E-state index in [4.69, 9.17) is 11.5 Å². The number of nitrogens with two attached hydrogens (primary N) is 2. The zero-order valence-corrected chi connectivity index (χ0v) is 15.8. The summed E-state index contributed by atoms with van der Waals surface area (Å²) in [6.07, 6.45) is 2.75. The van der Waals surface area contributed by atoms with Crippen LogP contribution in [0.15, 0.2) is 0 Å². The van der Waals surface area contributed by atoms with Crippen LogP contribution in [0.3, 0.4) is 0 Å². The molecular weight excluding hydrogens is 328 g/mol. The van der Waals surface area contributed by atoms with Crippen LogP contribution in [-0.4, -0.2) is 35.7 Å². The summed E-state index contributed by atoms with van der Waals surface area (Å²) in [6, 6.07) is -0.644. The van der Waals surface area contributed by atoms with Gasteiger partial charge in [-0.15, -0.1) is 0 Å².